The summed E-state index contributed by atoms with van der Waals surface area (Å²) in [6.07, 6.45) is 1.24. The first-order valence-corrected chi connectivity index (χ1v) is 6.75. The van der Waals surface area contributed by atoms with E-state index in [0.717, 1.165) is 6.42 Å². The van der Waals surface area contributed by atoms with Gasteiger partial charge in [0.25, 0.3) is 5.69 Å². The standard InChI is InChI=1S/C14H15N3O4/c1-14(2)15-13(16-7-3-4-12(16)18)10-8-9(17(19)20)5-6-11(10)21-14/h5-6,8H,3-4,7H2,1-2H3. The van der Waals surface area contributed by atoms with Gasteiger partial charge < -0.3 is 4.74 Å². The summed E-state index contributed by atoms with van der Waals surface area (Å²) in [4.78, 5) is 28.5. The first kappa shape index (κ1) is 13.5. The summed E-state index contributed by atoms with van der Waals surface area (Å²) in [5, 5.41) is 11.0. The van der Waals surface area contributed by atoms with Gasteiger partial charge in [-0.25, -0.2) is 4.99 Å². The lowest BCUT2D eigenvalue weighted by atomic mass is 10.1. The zero-order valence-electron chi connectivity index (χ0n) is 11.8. The van der Waals surface area contributed by atoms with Crippen LogP contribution in [0.1, 0.15) is 32.3 Å². The molecule has 0 unspecified atom stereocenters. The fraction of sp³-hybridized carbons (Fsp3) is 0.429. The Balaban J connectivity index is 2.13. The molecule has 0 aliphatic carbocycles. The molecule has 1 fully saturated rings. The van der Waals surface area contributed by atoms with Crippen LogP contribution in [0.4, 0.5) is 5.69 Å². The summed E-state index contributed by atoms with van der Waals surface area (Å²) >= 11 is 0. The molecule has 21 heavy (non-hydrogen) atoms. The molecular formula is C14H15N3O4. The monoisotopic (exact) mass is 289 g/mol. The largest absolute Gasteiger partial charge is 0.466 e. The van der Waals surface area contributed by atoms with Gasteiger partial charge in [0.05, 0.1) is 10.5 Å². The Labute approximate surface area is 121 Å². The fourth-order valence-corrected chi connectivity index (χ4v) is 2.58. The second-order valence-electron chi connectivity index (χ2n) is 5.57. The van der Waals surface area contributed by atoms with Crippen molar-refractivity contribution in [2.24, 2.45) is 4.99 Å². The summed E-state index contributed by atoms with van der Waals surface area (Å²) in [5.74, 6) is 0.964. The SMILES string of the molecule is CC1(C)N=C(N2CCCC2=O)c2cc([N+](=O)[O-])ccc2O1. The van der Waals surface area contributed by atoms with Crippen molar-refractivity contribution in [1.29, 1.82) is 0 Å². The number of fused-ring (bicyclic) bond motifs is 1. The van der Waals surface area contributed by atoms with E-state index in [-0.39, 0.29) is 11.6 Å². The number of amidine groups is 1. The number of carbonyl (C=O) groups is 1. The van der Waals surface area contributed by atoms with Crippen LogP contribution in [0.3, 0.4) is 0 Å². The quantitative estimate of drug-likeness (QED) is 0.585. The average Bonchev–Trinajstić information content (AvgIpc) is 2.82. The highest BCUT2D eigenvalue weighted by Crippen LogP contribution is 2.34. The van der Waals surface area contributed by atoms with E-state index >= 15 is 0 Å². The molecular weight excluding hydrogens is 274 g/mol. The topological polar surface area (TPSA) is 85.0 Å². The number of amides is 1. The van der Waals surface area contributed by atoms with Gasteiger partial charge >= 0.3 is 0 Å². The van der Waals surface area contributed by atoms with Crippen LogP contribution in [-0.2, 0) is 4.79 Å². The van der Waals surface area contributed by atoms with Gasteiger partial charge in [-0.2, -0.15) is 0 Å². The molecule has 7 nitrogen and oxygen atoms in total. The molecule has 3 rings (SSSR count). The third-order valence-electron chi connectivity index (χ3n) is 3.48. The van der Waals surface area contributed by atoms with Crippen molar-refractivity contribution in [2.45, 2.75) is 32.4 Å². The Kier molecular flexibility index (Phi) is 2.93. The van der Waals surface area contributed by atoms with E-state index in [9.17, 15) is 14.9 Å². The van der Waals surface area contributed by atoms with Crippen molar-refractivity contribution < 1.29 is 14.5 Å². The number of rotatable bonds is 1. The Morgan fingerprint density at radius 3 is 2.81 bits per heavy atom. The number of nitro groups is 1. The van der Waals surface area contributed by atoms with Crippen molar-refractivity contribution in [1.82, 2.24) is 4.90 Å². The minimum absolute atomic E-state index is 0.0103. The molecule has 1 aromatic rings. The summed E-state index contributed by atoms with van der Waals surface area (Å²) in [7, 11) is 0. The fourth-order valence-electron chi connectivity index (χ4n) is 2.58. The maximum absolute atomic E-state index is 12.0. The van der Waals surface area contributed by atoms with E-state index in [2.05, 4.69) is 4.99 Å². The molecule has 1 amide bonds. The number of nitro benzene ring substituents is 1. The van der Waals surface area contributed by atoms with Crippen LogP contribution >= 0.6 is 0 Å². The zero-order chi connectivity index (χ0) is 15.2. The molecule has 7 heteroatoms. The van der Waals surface area contributed by atoms with Crippen LogP contribution in [0.25, 0.3) is 0 Å². The Morgan fingerprint density at radius 1 is 1.43 bits per heavy atom. The lowest BCUT2D eigenvalue weighted by molar-refractivity contribution is -0.384. The Hall–Kier alpha value is -2.44. The van der Waals surface area contributed by atoms with Gasteiger partial charge in [-0.1, -0.05) is 0 Å². The predicted molar refractivity (Wildman–Crippen MR) is 75.3 cm³/mol. The third-order valence-corrected chi connectivity index (χ3v) is 3.48. The molecule has 1 saturated heterocycles. The lowest BCUT2D eigenvalue weighted by Gasteiger charge is -2.32. The molecule has 0 N–H and O–H groups in total. The minimum Gasteiger partial charge on any atom is -0.466 e. The van der Waals surface area contributed by atoms with Gasteiger partial charge in [-0.05, 0) is 26.3 Å². The lowest BCUT2D eigenvalue weighted by Crippen LogP contribution is -2.40. The predicted octanol–water partition coefficient (Wildman–Crippen LogP) is 2.09. The molecule has 0 saturated carbocycles. The van der Waals surface area contributed by atoms with Gasteiger partial charge in [0, 0.05) is 25.1 Å². The summed E-state index contributed by atoms with van der Waals surface area (Å²) in [5.41, 5.74) is -0.350. The molecule has 2 heterocycles. The molecule has 2 aliphatic rings. The number of carbonyl (C=O) groups excluding carboxylic acids is 1. The van der Waals surface area contributed by atoms with Crippen molar-refractivity contribution in [3.8, 4) is 5.75 Å². The molecule has 0 bridgehead atoms. The molecule has 1 aromatic carbocycles. The summed E-state index contributed by atoms with van der Waals surface area (Å²) < 4.78 is 5.73. The van der Waals surface area contributed by atoms with Crippen molar-refractivity contribution in [3.63, 3.8) is 0 Å². The van der Waals surface area contributed by atoms with Gasteiger partial charge in [0.2, 0.25) is 5.91 Å². The number of likely N-dealkylation sites (tertiary alicyclic amines) is 1. The molecule has 2 aliphatic heterocycles. The highest BCUT2D eigenvalue weighted by molar-refractivity contribution is 6.11. The van der Waals surface area contributed by atoms with Gasteiger partial charge in [0.15, 0.2) is 5.72 Å². The van der Waals surface area contributed by atoms with Crippen LogP contribution in [0, 0.1) is 10.1 Å². The molecule has 0 aromatic heterocycles. The van der Waals surface area contributed by atoms with Crippen LogP contribution in [-0.4, -0.2) is 33.8 Å². The average molecular weight is 289 g/mol. The van der Waals surface area contributed by atoms with Crippen molar-refractivity contribution in [3.05, 3.63) is 33.9 Å². The van der Waals surface area contributed by atoms with Crippen LogP contribution in [0.15, 0.2) is 23.2 Å². The molecule has 0 atom stereocenters. The molecule has 110 valence electrons. The van der Waals surface area contributed by atoms with E-state index in [0.29, 0.717) is 30.1 Å². The Morgan fingerprint density at radius 2 is 2.19 bits per heavy atom. The van der Waals surface area contributed by atoms with Gasteiger partial charge in [-0.15, -0.1) is 0 Å². The molecule has 0 radical (unpaired) electrons. The number of benzene rings is 1. The smallest absolute Gasteiger partial charge is 0.270 e. The maximum Gasteiger partial charge on any atom is 0.270 e. The van der Waals surface area contributed by atoms with E-state index < -0.39 is 10.6 Å². The molecule has 0 spiro atoms. The highest BCUT2D eigenvalue weighted by atomic mass is 16.6. The van der Waals surface area contributed by atoms with E-state index in [1.54, 1.807) is 24.8 Å². The van der Waals surface area contributed by atoms with Crippen LogP contribution in [0.2, 0.25) is 0 Å². The van der Waals surface area contributed by atoms with Crippen molar-refractivity contribution in [2.75, 3.05) is 6.54 Å². The first-order chi connectivity index (χ1) is 9.87. The van der Waals surface area contributed by atoms with E-state index in [4.69, 9.17) is 4.74 Å². The number of hydrogen-bond acceptors (Lipinski definition) is 5. The van der Waals surface area contributed by atoms with Gasteiger partial charge in [-0.3, -0.25) is 19.8 Å². The zero-order valence-corrected chi connectivity index (χ0v) is 11.8. The second-order valence-corrected chi connectivity index (χ2v) is 5.57. The Bertz CT molecular complexity index is 666. The number of non-ortho nitro benzene ring substituents is 1. The minimum atomic E-state index is -0.804. The number of aliphatic imine (C=N–C) groups is 1. The number of ether oxygens (including phenoxy) is 1. The number of hydrogen-bond donors (Lipinski definition) is 0. The normalized spacial score (nSPS) is 19.8. The highest BCUT2D eigenvalue weighted by Gasteiger charge is 2.35. The summed E-state index contributed by atoms with van der Waals surface area (Å²) in [6, 6.07) is 4.36. The van der Waals surface area contributed by atoms with E-state index in [1.807, 2.05) is 0 Å². The second kappa shape index (κ2) is 4.54. The third kappa shape index (κ3) is 2.35. The van der Waals surface area contributed by atoms with Crippen molar-refractivity contribution >= 4 is 17.4 Å². The summed E-state index contributed by atoms with van der Waals surface area (Å²) in [6.45, 7) is 4.16. The number of nitrogens with zero attached hydrogens (tertiary/aromatic N) is 3. The van der Waals surface area contributed by atoms with Gasteiger partial charge in [0.1, 0.15) is 11.6 Å². The first-order valence-electron chi connectivity index (χ1n) is 6.75. The van der Waals surface area contributed by atoms with Crippen LogP contribution in [0.5, 0.6) is 5.75 Å². The van der Waals surface area contributed by atoms with Crippen LogP contribution < -0.4 is 4.74 Å². The maximum atomic E-state index is 12.0. The van der Waals surface area contributed by atoms with E-state index in [1.165, 1.54) is 12.1 Å².